The SMILES string of the molecule is CC(Cc1c(F)cccc1F)NC(=O)CN1CC2CCC1C2. The lowest BCUT2D eigenvalue weighted by atomic mass is 10.1. The second-order valence-electron chi connectivity index (χ2n) is 6.64. The molecule has 3 rings (SSSR count). The molecule has 1 heterocycles. The van der Waals surface area contributed by atoms with Gasteiger partial charge in [0.15, 0.2) is 0 Å². The van der Waals surface area contributed by atoms with Crippen LogP contribution in [0.25, 0.3) is 0 Å². The largest absolute Gasteiger partial charge is 0.352 e. The van der Waals surface area contributed by atoms with E-state index in [9.17, 15) is 13.6 Å². The molecule has 1 saturated heterocycles. The van der Waals surface area contributed by atoms with Crippen molar-refractivity contribution in [1.29, 1.82) is 0 Å². The molecule has 1 saturated carbocycles. The van der Waals surface area contributed by atoms with Gasteiger partial charge in [-0.2, -0.15) is 0 Å². The van der Waals surface area contributed by atoms with Crippen molar-refractivity contribution in [2.45, 2.75) is 44.7 Å². The van der Waals surface area contributed by atoms with Crippen LogP contribution in [-0.2, 0) is 11.2 Å². The van der Waals surface area contributed by atoms with Crippen LogP contribution in [0.15, 0.2) is 18.2 Å². The minimum Gasteiger partial charge on any atom is -0.352 e. The number of fused-ring (bicyclic) bond motifs is 2. The van der Waals surface area contributed by atoms with Crippen molar-refractivity contribution in [2.75, 3.05) is 13.1 Å². The van der Waals surface area contributed by atoms with Gasteiger partial charge >= 0.3 is 0 Å². The van der Waals surface area contributed by atoms with Gasteiger partial charge < -0.3 is 5.32 Å². The van der Waals surface area contributed by atoms with Crippen LogP contribution in [0.1, 0.15) is 31.7 Å². The first-order valence-corrected chi connectivity index (χ1v) is 7.99. The standard InChI is InChI=1S/C17H22F2N2O/c1-11(7-14-15(18)3-2-4-16(14)19)20-17(22)10-21-9-12-5-6-13(21)8-12/h2-4,11-13H,5-10H2,1H3,(H,20,22). The van der Waals surface area contributed by atoms with E-state index < -0.39 is 11.6 Å². The number of hydrogen-bond donors (Lipinski definition) is 1. The Morgan fingerprint density at radius 2 is 2.09 bits per heavy atom. The van der Waals surface area contributed by atoms with Crippen LogP contribution in [-0.4, -0.2) is 36.0 Å². The van der Waals surface area contributed by atoms with E-state index in [2.05, 4.69) is 10.2 Å². The number of hydrogen-bond acceptors (Lipinski definition) is 2. The lowest BCUT2D eigenvalue weighted by Gasteiger charge is -2.26. The second-order valence-corrected chi connectivity index (χ2v) is 6.64. The van der Waals surface area contributed by atoms with Crippen molar-refractivity contribution in [3.63, 3.8) is 0 Å². The number of benzene rings is 1. The number of halogens is 2. The zero-order valence-corrected chi connectivity index (χ0v) is 12.8. The summed E-state index contributed by atoms with van der Waals surface area (Å²) in [5.41, 5.74) is 0.0375. The number of nitrogens with one attached hydrogen (secondary N) is 1. The van der Waals surface area contributed by atoms with Gasteiger partial charge in [-0.3, -0.25) is 9.69 Å². The Hall–Kier alpha value is -1.49. The van der Waals surface area contributed by atoms with Crippen molar-refractivity contribution >= 4 is 5.91 Å². The summed E-state index contributed by atoms with van der Waals surface area (Å²) in [6.45, 7) is 3.18. The molecule has 1 aliphatic carbocycles. The summed E-state index contributed by atoms with van der Waals surface area (Å²) in [6.07, 6.45) is 3.85. The minimum absolute atomic E-state index is 0.0375. The quantitative estimate of drug-likeness (QED) is 0.906. The van der Waals surface area contributed by atoms with Gasteiger partial charge in [0, 0.05) is 24.2 Å². The van der Waals surface area contributed by atoms with Gasteiger partial charge in [-0.05, 0) is 50.7 Å². The zero-order chi connectivity index (χ0) is 15.7. The van der Waals surface area contributed by atoms with Crippen molar-refractivity contribution in [3.05, 3.63) is 35.4 Å². The predicted molar refractivity (Wildman–Crippen MR) is 80.4 cm³/mol. The van der Waals surface area contributed by atoms with Gasteiger partial charge in [-0.15, -0.1) is 0 Å². The van der Waals surface area contributed by atoms with Gasteiger partial charge in [-0.25, -0.2) is 8.78 Å². The lowest BCUT2D eigenvalue weighted by Crippen LogP contribution is -2.44. The molecule has 1 aromatic rings. The van der Waals surface area contributed by atoms with Crippen molar-refractivity contribution < 1.29 is 13.6 Å². The number of piperidine rings is 1. The number of carbonyl (C=O) groups is 1. The van der Waals surface area contributed by atoms with E-state index in [0.717, 1.165) is 12.5 Å². The molecule has 1 amide bonds. The normalized spacial score (nSPS) is 25.4. The van der Waals surface area contributed by atoms with Crippen LogP contribution in [0, 0.1) is 17.6 Å². The summed E-state index contributed by atoms with van der Waals surface area (Å²) >= 11 is 0. The molecule has 1 N–H and O–H groups in total. The zero-order valence-electron chi connectivity index (χ0n) is 12.8. The third-order valence-corrected chi connectivity index (χ3v) is 4.85. The van der Waals surface area contributed by atoms with Gasteiger partial charge in [0.2, 0.25) is 5.91 Å². The van der Waals surface area contributed by atoms with E-state index in [-0.39, 0.29) is 23.9 Å². The Balaban J connectivity index is 1.51. The molecule has 1 aromatic carbocycles. The molecule has 3 nitrogen and oxygen atoms in total. The Bertz CT molecular complexity index is 543. The number of rotatable bonds is 5. The topological polar surface area (TPSA) is 32.3 Å². The highest BCUT2D eigenvalue weighted by molar-refractivity contribution is 5.78. The Morgan fingerprint density at radius 1 is 1.36 bits per heavy atom. The first-order chi connectivity index (χ1) is 10.5. The maximum atomic E-state index is 13.6. The van der Waals surface area contributed by atoms with Crippen LogP contribution in [0.5, 0.6) is 0 Å². The van der Waals surface area contributed by atoms with E-state index in [1.807, 2.05) is 0 Å². The van der Waals surface area contributed by atoms with Gasteiger partial charge in [-0.1, -0.05) is 6.07 Å². The molecule has 120 valence electrons. The number of likely N-dealkylation sites (tertiary alicyclic amines) is 1. The lowest BCUT2D eigenvalue weighted by molar-refractivity contribution is -0.123. The van der Waals surface area contributed by atoms with Gasteiger partial charge in [0.1, 0.15) is 11.6 Å². The summed E-state index contributed by atoms with van der Waals surface area (Å²) in [4.78, 5) is 14.3. The molecule has 5 heteroatoms. The summed E-state index contributed by atoms with van der Waals surface area (Å²) in [5.74, 6) is -0.421. The molecule has 2 fully saturated rings. The fourth-order valence-electron chi connectivity index (χ4n) is 3.81. The molecule has 0 radical (unpaired) electrons. The van der Waals surface area contributed by atoms with Crippen molar-refractivity contribution in [3.8, 4) is 0 Å². The third kappa shape index (κ3) is 3.29. The molecule has 22 heavy (non-hydrogen) atoms. The number of amides is 1. The molecule has 2 bridgehead atoms. The van der Waals surface area contributed by atoms with Gasteiger partial charge in [0.05, 0.1) is 6.54 Å². The molecule has 3 atom stereocenters. The number of nitrogens with zero attached hydrogens (tertiary/aromatic N) is 1. The van der Waals surface area contributed by atoms with Gasteiger partial charge in [0.25, 0.3) is 0 Å². The Morgan fingerprint density at radius 3 is 2.68 bits per heavy atom. The maximum Gasteiger partial charge on any atom is 0.234 e. The van der Waals surface area contributed by atoms with E-state index in [0.29, 0.717) is 12.6 Å². The summed E-state index contributed by atoms with van der Waals surface area (Å²) < 4.78 is 27.2. The molecule has 3 unspecified atom stereocenters. The van der Waals surface area contributed by atoms with Crippen LogP contribution < -0.4 is 5.32 Å². The van der Waals surface area contributed by atoms with E-state index in [1.54, 1.807) is 6.92 Å². The van der Waals surface area contributed by atoms with Crippen LogP contribution >= 0.6 is 0 Å². The van der Waals surface area contributed by atoms with E-state index in [4.69, 9.17) is 0 Å². The summed E-state index contributed by atoms with van der Waals surface area (Å²) in [7, 11) is 0. The second kappa shape index (κ2) is 6.32. The maximum absolute atomic E-state index is 13.6. The smallest absolute Gasteiger partial charge is 0.234 e. The summed E-state index contributed by atoms with van der Waals surface area (Å²) in [6, 6.07) is 4.09. The molecule has 1 aliphatic heterocycles. The number of carbonyl (C=O) groups excluding carboxylic acids is 1. The molecule has 2 aliphatic rings. The highest BCUT2D eigenvalue weighted by Crippen LogP contribution is 2.36. The monoisotopic (exact) mass is 308 g/mol. The minimum atomic E-state index is -0.557. The van der Waals surface area contributed by atoms with Crippen molar-refractivity contribution in [1.82, 2.24) is 10.2 Å². The fourth-order valence-corrected chi connectivity index (χ4v) is 3.81. The first-order valence-electron chi connectivity index (χ1n) is 7.99. The van der Waals surface area contributed by atoms with Crippen molar-refractivity contribution in [2.24, 2.45) is 5.92 Å². The summed E-state index contributed by atoms with van der Waals surface area (Å²) in [5, 5.41) is 2.86. The molecular weight excluding hydrogens is 286 g/mol. The molecular formula is C17H22F2N2O. The van der Waals surface area contributed by atoms with E-state index >= 15 is 0 Å². The Kier molecular flexibility index (Phi) is 4.43. The Labute approximate surface area is 129 Å². The average Bonchev–Trinajstić information content (AvgIpc) is 3.05. The third-order valence-electron chi connectivity index (χ3n) is 4.85. The van der Waals surface area contributed by atoms with E-state index in [1.165, 1.54) is 37.5 Å². The molecule has 0 spiro atoms. The predicted octanol–water partition coefficient (Wildman–Crippen LogP) is 2.50. The van der Waals surface area contributed by atoms with Crippen LogP contribution in [0.3, 0.4) is 0 Å². The first kappa shape index (κ1) is 15.4. The van der Waals surface area contributed by atoms with Crippen LogP contribution in [0.4, 0.5) is 8.78 Å². The average molecular weight is 308 g/mol. The highest BCUT2D eigenvalue weighted by Gasteiger charge is 2.38. The van der Waals surface area contributed by atoms with Crippen LogP contribution in [0.2, 0.25) is 0 Å². The fraction of sp³-hybridized carbons (Fsp3) is 0.588. The highest BCUT2D eigenvalue weighted by atomic mass is 19.1. The molecule has 0 aromatic heterocycles.